The van der Waals surface area contributed by atoms with Crippen molar-refractivity contribution in [2.24, 2.45) is 0 Å². The number of ether oxygens (including phenoxy) is 1. The van der Waals surface area contributed by atoms with Crippen molar-refractivity contribution in [1.29, 1.82) is 0 Å². The first-order valence-corrected chi connectivity index (χ1v) is 12.9. The van der Waals surface area contributed by atoms with Gasteiger partial charge in [-0.3, -0.25) is 4.79 Å². The summed E-state index contributed by atoms with van der Waals surface area (Å²) in [6, 6.07) is 8.05. The van der Waals surface area contributed by atoms with E-state index in [1.807, 2.05) is 11.9 Å². The average molecular weight is 545 g/mol. The van der Waals surface area contributed by atoms with Crippen molar-refractivity contribution in [2.45, 2.75) is 12.5 Å². The van der Waals surface area contributed by atoms with Crippen molar-refractivity contribution in [3.8, 4) is 11.1 Å². The Hall–Kier alpha value is -2.98. The van der Waals surface area contributed by atoms with Crippen LogP contribution in [0.1, 0.15) is 16.8 Å². The summed E-state index contributed by atoms with van der Waals surface area (Å²) in [5.41, 5.74) is 2.15. The molecule has 2 fully saturated rings. The summed E-state index contributed by atoms with van der Waals surface area (Å²) in [5.74, 6) is -0.262. The van der Waals surface area contributed by atoms with E-state index in [1.165, 1.54) is 12.1 Å². The Bertz CT molecular complexity index is 1290. The van der Waals surface area contributed by atoms with Gasteiger partial charge in [-0.2, -0.15) is 0 Å². The molecular weight excluding hydrogens is 518 g/mol. The molecule has 0 aliphatic carbocycles. The fraction of sp³-hybridized carbons (Fsp3) is 0.346. The second-order valence-electron chi connectivity index (χ2n) is 9.02. The van der Waals surface area contributed by atoms with Crippen LogP contribution in [0.5, 0.6) is 0 Å². The number of hydrogen-bond acceptors (Lipinski definition) is 7. The fourth-order valence-corrected chi connectivity index (χ4v) is 5.10. The Morgan fingerprint density at radius 3 is 2.51 bits per heavy atom. The van der Waals surface area contributed by atoms with E-state index in [2.05, 4.69) is 25.5 Å². The summed E-state index contributed by atoms with van der Waals surface area (Å²) >= 11 is 12.3. The molecule has 8 nitrogen and oxygen atoms in total. The number of rotatable bonds is 6. The van der Waals surface area contributed by atoms with E-state index in [9.17, 15) is 4.79 Å². The number of morpholine rings is 1. The van der Waals surface area contributed by atoms with Gasteiger partial charge in [-0.1, -0.05) is 23.2 Å². The lowest BCUT2D eigenvalue weighted by Crippen LogP contribution is -2.37. The molecule has 1 amide bonds. The van der Waals surface area contributed by atoms with Crippen molar-refractivity contribution in [3.05, 3.63) is 64.2 Å². The Kier molecular flexibility index (Phi) is 7.76. The molecule has 1 aromatic heterocycles. The summed E-state index contributed by atoms with van der Waals surface area (Å²) in [6.45, 7) is 4.06. The Morgan fingerprint density at radius 2 is 1.84 bits per heavy atom. The predicted octanol–water partition coefficient (Wildman–Crippen LogP) is 4.48. The third-order valence-corrected chi connectivity index (χ3v) is 7.24. The van der Waals surface area contributed by atoms with Crippen LogP contribution >= 0.6 is 23.2 Å². The molecule has 2 aliphatic rings. The van der Waals surface area contributed by atoms with Crippen molar-refractivity contribution in [1.82, 2.24) is 15.3 Å². The average Bonchev–Trinajstić information content (AvgIpc) is 3.39. The molecule has 0 radical (unpaired) electrons. The summed E-state index contributed by atoms with van der Waals surface area (Å²) in [5, 5.41) is 6.87. The number of carbonyl (C=O) groups excluding carboxylic acids is 1. The molecule has 2 aromatic carbocycles. The van der Waals surface area contributed by atoms with Gasteiger partial charge in [0.15, 0.2) is 0 Å². The Labute approximate surface area is 224 Å². The van der Waals surface area contributed by atoms with Crippen molar-refractivity contribution in [3.63, 3.8) is 0 Å². The molecule has 11 heteroatoms. The molecule has 1 unspecified atom stereocenters. The number of carbonyl (C=O) groups is 1. The van der Waals surface area contributed by atoms with Crippen molar-refractivity contribution < 1.29 is 13.9 Å². The van der Waals surface area contributed by atoms with Crippen LogP contribution in [0.2, 0.25) is 10.0 Å². The van der Waals surface area contributed by atoms with E-state index in [0.29, 0.717) is 66.3 Å². The van der Waals surface area contributed by atoms with E-state index >= 15 is 4.39 Å². The summed E-state index contributed by atoms with van der Waals surface area (Å²) in [7, 11) is 1.91. The lowest BCUT2D eigenvalue weighted by atomic mass is 10.1. The smallest absolute Gasteiger partial charge is 0.257 e. The maximum absolute atomic E-state index is 15.5. The lowest BCUT2D eigenvalue weighted by Gasteiger charge is -2.26. The van der Waals surface area contributed by atoms with Crippen LogP contribution in [-0.2, 0) is 4.74 Å². The molecule has 0 bridgehead atoms. The molecule has 37 heavy (non-hydrogen) atoms. The quantitative estimate of drug-likeness (QED) is 0.473. The summed E-state index contributed by atoms with van der Waals surface area (Å²) < 4.78 is 20.9. The molecule has 3 heterocycles. The number of anilines is 3. The topological polar surface area (TPSA) is 82.6 Å². The van der Waals surface area contributed by atoms with Gasteiger partial charge in [-0.05, 0) is 43.8 Å². The molecule has 2 saturated heterocycles. The minimum Gasteiger partial charge on any atom is -0.378 e. The Balaban J connectivity index is 1.49. The number of benzene rings is 2. The molecule has 5 rings (SSSR count). The van der Waals surface area contributed by atoms with Crippen LogP contribution in [0.3, 0.4) is 0 Å². The van der Waals surface area contributed by atoms with E-state index in [4.69, 9.17) is 27.9 Å². The van der Waals surface area contributed by atoms with Crippen LogP contribution in [0, 0.1) is 5.82 Å². The molecule has 1 atom stereocenters. The highest BCUT2D eigenvalue weighted by atomic mass is 35.5. The molecule has 0 spiro atoms. The predicted molar refractivity (Wildman–Crippen MR) is 145 cm³/mol. The van der Waals surface area contributed by atoms with E-state index in [0.717, 1.165) is 13.0 Å². The minimum atomic E-state index is -0.423. The Morgan fingerprint density at radius 1 is 1.08 bits per heavy atom. The van der Waals surface area contributed by atoms with Gasteiger partial charge in [0.1, 0.15) is 5.82 Å². The first kappa shape index (κ1) is 25.7. The van der Waals surface area contributed by atoms with Crippen LogP contribution < -0.4 is 20.4 Å². The second-order valence-corrected chi connectivity index (χ2v) is 9.86. The highest BCUT2D eigenvalue weighted by Crippen LogP contribution is 2.36. The largest absolute Gasteiger partial charge is 0.378 e. The van der Waals surface area contributed by atoms with E-state index in [-0.39, 0.29) is 16.6 Å². The zero-order valence-electron chi connectivity index (χ0n) is 20.3. The minimum absolute atomic E-state index is 0.234. The van der Waals surface area contributed by atoms with Gasteiger partial charge in [0.05, 0.1) is 35.2 Å². The number of halogens is 3. The van der Waals surface area contributed by atoms with E-state index in [1.54, 1.807) is 30.6 Å². The van der Waals surface area contributed by atoms with Gasteiger partial charge in [-0.15, -0.1) is 0 Å². The normalized spacial score (nSPS) is 17.8. The molecule has 2 N–H and O–H groups in total. The van der Waals surface area contributed by atoms with Gasteiger partial charge >= 0.3 is 0 Å². The highest BCUT2D eigenvalue weighted by Gasteiger charge is 2.26. The van der Waals surface area contributed by atoms with Gasteiger partial charge in [0, 0.05) is 60.8 Å². The SMILES string of the molecule is CNC1CCN(c2cc(F)c(-c3cnc(N4CCOCC4)nc3)cc2NC(=O)c2ccc(Cl)cc2Cl)C1. The summed E-state index contributed by atoms with van der Waals surface area (Å²) in [4.78, 5) is 26.2. The molecular formula is C26H27Cl2FN6O2. The number of amides is 1. The van der Waals surface area contributed by atoms with Crippen LogP contribution in [0.15, 0.2) is 42.7 Å². The fourth-order valence-electron chi connectivity index (χ4n) is 4.61. The zero-order valence-corrected chi connectivity index (χ0v) is 21.8. The third-order valence-electron chi connectivity index (χ3n) is 6.69. The van der Waals surface area contributed by atoms with Gasteiger partial charge in [-0.25, -0.2) is 14.4 Å². The monoisotopic (exact) mass is 544 g/mol. The zero-order chi connectivity index (χ0) is 25.9. The van der Waals surface area contributed by atoms with Crippen molar-refractivity contribution in [2.75, 3.05) is 61.6 Å². The van der Waals surface area contributed by atoms with Gasteiger partial charge < -0.3 is 25.2 Å². The first-order chi connectivity index (χ1) is 17.9. The summed E-state index contributed by atoms with van der Waals surface area (Å²) in [6.07, 6.45) is 4.11. The number of aromatic nitrogens is 2. The van der Waals surface area contributed by atoms with E-state index < -0.39 is 11.7 Å². The van der Waals surface area contributed by atoms with Gasteiger partial charge in [0.2, 0.25) is 5.95 Å². The third kappa shape index (κ3) is 5.65. The maximum Gasteiger partial charge on any atom is 0.257 e. The lowest BCUT2D eigenvalue weighted by molar-refractivity contribution is 0.102. The van der Waals surface area contributed by atoms with Crippen LogP contribution in [-0.4, -0.2) is 68.4 Å². The standard InChI is InChI=1S/C26H27Cl2FN6O2/c1-30-18-4-5-35(15-18)24-12-22(29)20(16-13-31-26(32-14-16)34-6-8-37-9-7-34)11-23(24)33-25(36)19-3-2-17(27)10-21(19)28/h2-3,10-14,18,30H,4-9,15H2,1H3,(H,33,36). The molecule has 2 aliphatic heterocycles. The molecule has 3 aromatic rings. The molecule has 0 saturated carbocycles. The number of nitrogens with zero attached hydrogens (tertiary/aromatic N) is 4. The number of nitrogens with one attached hydrogen (secondary N) is 2. The van der Waals surface area contributed by atoms with Gasteiger partial charge in [0.25, 0.3) is 5.91 Å². The number of hydrogen-bond donors (Lipinski definition) is 2. The second kappa shape index (κ2) is 11.2. The van der Waals surface area contributed by atoms with Crippen LogP contribution in [0.4, 0.5) is 21.7 Å². The van der Waals surface area contributed by atoms with Crippen LogP contribution in [0.25, 0.3) is 11.1 Å². The first-order valence-electron chi connectivity index (χ1n) is 12.1. The van der Waals surface area contributed by atoms with Crippen molar-refractivity contribution >= 4 is 46.4 Å². The number of likely N-dealkylation sites (N-methyl/N-ethyl adjacent to an activating group) is 1. The highest BCUT2D eigenvalue weighted by molar-refractivity contribution is 6.37. The molecule has 194 valence electrons. The maximum atomic E-state index is 15.5.